The highest BCUT2D eigenvalue weighted by molar-refractivity contribution is 5.99. The lowest BCUT2D eigenvalue weighted by atomic mass is 9.95. The molecule has 1 atom stereocenters. The molecule has 148 valence electrons. The minimum atomic E-state index is -0.503. The Labute approximate surface area is 166 Å². The van der Waals surface area contributed by atoms with Crippen LogP contribution < -0.4 is 5.32 Å². The molecule has 0 saturated heterocycles. The second-order valence-electron chi connectivity index (χ2n) is 7.68. The van der Waals surface area contributed by atoms with Crippen LogP contribution in [0.3, 0.4) is 0 Å². The number of carbonyl (C=O) groups excluding carboxylic acids is 3. The van der Waals surface area contributed by atoms with Gasteiger partial charge in [-0.05, 0) is 36.2 Å². The van der Waals surface area contributed by atoms with Gasteiger partial charge in [0.05, 0.1) is 5.92 Å². The number of hydrogen-bond acceptors (Lipinski definition) is 4. The fraction of sp³-hybridized carbons (Fsp3) is 0.348. The lowest BCUT2D eigenvalue weighted by Gasteiger charge is -2.17. The Bertz CT molecular complexity index is 820. The first-order chi connectivity index (χ1) is 13.2. The van der Waals surface area contributed by atoms with Crippen LogP contribution in [0.25, 0.3) is 0 Å². The molecule has 1 unspecified atom stereocenters. The number of ether oxygens (including phenoxy) is 1. The second kappa shape index (κ2) is 9.31. The van der Waals surface area contributed by atoms with E-state index in [1.807, 2.05) is 58.0 Å². The molecule has 5 heteroatoms. The van der Waals surface area contributed by atoms with Gasteiger partial charge in [0.2, 0.25) is 5.91 Å². The summed E-state index contributed by atoms with van der Waals surface area (Å²) in [5.74, 6) is -1.18. The van der Waals surface area contributed by atoms with Gasteiger partial charge in [-0.25, -0.2) is 0 Å². The highest BCUT2D eigenvalue weighted by Crippen LogP contribution is 2.21. The third-order valence-corrected chi connectivity index (χ3v) is 4.39. The highest BCUT2D eigenvalue weighted by Gasteiger charge is 2.22. The summed E-state index contributed by atoms with van der Waals surface area (Å²) in [6.07, 6.45) is 0.596. The first-order valence-corrected chi connectivity index (χ1v) is 9.38. The Morgan fingerprint density at radius 3 is 2.11 bits per heavy atom. The Hall–Kier alpha value is -2.95. The third kappa shape index (κ3) is 5.78. The van der Waals surface area contributed by atoms with Gasteiger partial charge in [0, 0.05) is 16.7 Å². The van der Waals surface area contributed by atoms with Gasteiger partial charge >= 0.3 is 5.97 Å². The van der Waals surface area contributed by atoms with E-state index in [0.29, 0.717) is 17.7 Å². The average Bonchev–Trinajstić information content (AvgIpc) is 2.67. The van der Waals surface area contributed by atoms with Crippen molar-refractivity contribution in [3.8, 4) is 0 Å². The molecule has 2 rings (SSSR count). The maximum atomic E-state index is 12.4. The fourth-order valence-electron chi connectivity index (χ4n) is 2.60. The van der Waals surface area contributed by atoms with Gasteiger partial charge in [-0.15, -0.1) is 0 Å². The van der Waals surface area contributed by atoms with E-state index in [4.69, 9.17) is 4.74 Å². The summed E-state index contributed by atoms with van der Waals surface area (Å²) in [4.78, 5) is 36.7. The minimum Gasteiger partial charge on any atom is -0.457 e. The maximum absolute atomic E-state index is 12.4. The molecule has 0 aromatic heterocycles. The van der Waals surface area contributed by atoms with E-state index in [2.05, 4.69) is 5.32 Å². The molecule has 0 bridgehead atoms. The number of nitrogens with one attached hydrogen (secondary N) is 1. The third-order valence-electron chi connectivity index (χ3n) is 4.39. The first-order valence-electron chi connectivity index (χ1n) is 9.38. The summed E-state index contributed by atoms with van der Waals surface area (Å²) in [6, 6.07) is 15.9. The highest BCUT2D eigenvalue weighted by atomic mass is 16.5. The van der Waals surface area contributed by atoms with Gasteiger partial charge in [0.15, 0.2) is 12.4 Å². The number of carbonyl (C=O) groups is 3. The van der Waals surface area contributed by atoms with Gasteiger partial charge in [0.1, 0.15) is 0 Å². The average molecular weight is 381 g/mol. The van der Waals surface area contributed by atoms with E-state index in [1.54, 1.807) is 24.3 Å². The molecule has 0 aliphatic heterocycles. The number of amides is 1. The normalized spacial score (nSPS) is 12.1. The van der Waals surface area contributed by atoms with E-state index in [9.17, 15) is 14.4 Å². The van der Waals surface area contributed by atoms with E-state index >= 15 is 0 Å². The molecule has 0 spiro atoms. The monoisotopic (exact) mass is 381 g/mol. The quantitative estimate of drug-likeness (QED) is 0.562. The molecule has 0 heterocycles. The first kappa shape index (κ1) is 21.4. The largest absolute Gasteiger partial charge is 0.457 e. The molecule has 0 radical (unpaired) electrons. The van der Waals surface area contributed by atoms with Crippen LogP contribution in [0, 0.1) is 5.41 Å². The van der Waals surface area contributed by atoms with Gasteiger partial charge in [0.25, 0.3) is 0 Å². The lowest BCUT2D eigenvalue weighted by Crippen LogP contribution is -2.27. The summed E-state index contributed by atoms with van der Waals surface area (Å²) < 4.78 is 5.25. The van der Waals surface area contributed by atoms with Gasteiger partial charge in [-0.2, -0.15) is 0 Å². The molecular formula is C23H27NO4. The number of hydrogen-bond donors (Lipinski definition) is 1. The number of rotatable bonds is 7. The molecule has 28 heavy (non-hydrogen) atoms. The smallest absolute Gasteiger partial charge is 0.313 e. The Morgan fingerprint density at radius 2 is 1.57 bits per heavy atom. The molecule has 2 aromatic rings. The predicted octanol–water partition coefficient (Wildman–Crippen LogP) is 4.59. The van der Waals surface area contributed by atoms with Crippen molar-refractivity contribution in [1.29, 1.82) is 0 Å². The Kier molecular flexibility index (Phi) is 7.10. The van der Waals surface area contributed by atoms with Gasteiger partial charge < -0.3 is 10.1 Å². The second-order valence-corrected chi connectivity index (χ2v) is 7.68. The van der Waals surface area contributed by atoms with Crippen molar-refractivity contribution in [2.45, 2.75) is 40.0 Å². The van der Waals surface area contributed by atoms with E-state index in [-0.39, 0.29) is 24.2 Å². The number of benzene rings is 2. The number of Topliss-reactive ketones (excluding diaryl/α,β-unsaturated/α-hetero) is 1. The molecule has 2 aromatic carbocycles. The van der Waals surface area contributed by atoms with Crippen LogP contribution >= 0.6 is 0 Å². The standard InChI is InChI=1S/C23H27NO4/c1-5-19(16-9-7-6-8-10-16)21(26)28-15-20(25)17-11-13-18(14-12-17)24-22(27)23(2,3)4/h6-14,19H,5,15H2,1-4H3,(H,24,27). The Balaban J connectivity index is 1.94. The van der Waals surface area contributed by atoms with Crippen LogP contribution in [0.2, 0.25) is 0 Å². The Morgan fingerprint density at radius 1 is 0.964 bits per heavy atom. The van der Waals surface area contributed by atoms with Crippen LogP contribution in [0.1, 0.15) is 56.0 Å². The van der Waals surface area contributed by atoms with Crippen LogP contribution in [-0.4, -0.2) is 24.3 Å². The number of ketones is 1. The number of anilines is 1. The van der Waals surface area contributed by atoms with E-state index in [0.717, 1.165) is 5.56 Å². The van der Waals surface area contributed by atoms with Gasteiger partial charge in [-0.1, -0.05) is 58.0 Å². The van der Waals surface area contributed by atoms with Gasteiger partial charge in [-0.3, -0.25) is 14.4 Å². The maximum Gasteiger partial charge on any atom is 0.313 e. The SMILES string of the molecule is CCC(C(=O)OCC(=O)c1ccc(NC(=O)C(C)(C)C)cc1)c1ccccc1. The van der Waals surface area contributed by atoms with E-state index < -0.39 is 11.4 Å². The topological polar surface area (TPSA) is 72.5 Å². The summed E-state index contributed by atoms with van der Waals surface area (Å²) >= 11 is 0. The van der Waals surface area contributed by atoms with Crippen molar-refractivity contribution in [3.63, 3.8) is 0 Å². The predicted molar refractivity (Wildman–Crippen MR) is 109 cm³/mol. The molecular weight excluding hydrogens is 354 g/mol. The summed E-state index contributed by atoms with van der Waals surface area (Å²) in [7, 11) is 0. The number of esters is 1. The summed E-state index contributed by atoms with van der Waals surface area (Å²) in [6.45, 7) is 7.08. The molecule has 0 saturated carbocycles. The van der Waals surface area contributed by atoms with Crippen LogP contribution in [0.15, 0.2) is 54.6 Å². The molecule has 1 N–H and O–H groups in total. The molecule has 0 fully saturated rings. The van der Waals surface area contributed by atoms with Crippen molar-refractivity contribution >= 4 is 23.3 Å². The van der Waals surface area contributed by atoms with E-state index in [1.165, 1.54) is 0 Å². The minimum absolute atomic E-state index is 0.105. The van der Waals surface area contributed by atoms with Crippen molar-refractivity contribution in [3.05, 3.63) is 65.7 Å². The van der Waals surface area contributed by atoms with Crippen molar-refractivity contribution in [2.24, 2.45) is 5.41 Å². The summed E-state index contributed by atoms with van der Waals surface area (Å²) in [5, 5.41) is 2.80. The molecule has 1 amide bonds. The molecule has 0 aliphatic carbocycles. The zero-order valence-electron chi connectivity index (χ0n) is 16.8. The zero-order chi connectivity index (χ0) is 20.7. The van der Waals surface area contributed by atoms with Crippen LogP contribution in [-0.2, 0) is 14.3 Å². The van der Waals surface area contributed by atoms with Crippen LogP contribution in [0.4, 0.5) is 5.69 Å². The van der Waals surface area contributed by atoms with Crippen LogP contribution in [0.5, 0.6) is 0 Å². The lowest BCUT2D eigenvalue weighted by molar-refractivity contribution is -0.144. The summed E-state index contributed by atoms with van der Waals surface area (Å²) in [5.41, 5.74) is 1.41. The van der Waals surface area contributed by atoms with Crippen molar-refractivity contribution < 1.29 is 19.1 Å². The van der Waals surface area contributed by atoms with Crippen molar-refractivity contribution in [2.75, 3.05) is 11.9 Å². The zero-order valence-corrected chi connectivity index (χ0v) is 16.8. The molecule has 5 nitrogen and oxygen atoms in total. The van der Waals surface area contributed by atoms with Crippen molar-refractivity contribution in [1.82, 2.24) is 0 Å². The fourth-order valence-corrected chi connectivity index (χ4v) is 2.60. The molecule has 0 aliphatic rings.